The molecule has 1 fully saturated rings. The summed E-state index contributed by atoms with van der Waals surface area (Å²) in [6, 6.07) is 6.37. The molecule has 1 saturated heterocycles. The number of piperidine rings is 1. The number of likely N-dealkylation sites (tertiary alicyclic amines) is 1. The minimum Gasteiger partial charge on any atom is -0.420 e. The zero-order valence-electron chi connectivity index (χ0n) is 18.4. The molecule has 4 rings (SSSR count). The normalized spacial score (nSPS) is 17.8. The molecule has 162 valence electrons. The standard InChI is InChI=1S/C22H31N5O3/c1-14(2)27-18-12-16(6-7-17(18)13-23-27)20-25-24-19(29-20)15-8-10-26(11-9-15)21(28)30-22(3,4)5/h6-7,12-15,21,28H,8-11H2,1-5H3. The molecule has 8 nitrogen and oxygen atoms in total. The number of hydrogen-bond acceptors (Lipinski definition) is 7. The summed E-state index contributed by atoms with van der Waals surface area (Å²) in [4.78, 5) is 1.94. The molecule has 1 aromatic carbocycles. The number of benzene rings is 1. The highest BCUT2D eigenvalue weighted by molar-refractivity contribution is 5.83. The van der Waals surface area contributed by atoms with E-state index in [1.807, 2.05) is 48.7 Å². The van der Waals surface area contributed by atoms with Crippen molar-refractivity contribution in [2.45, 2.75) is 71.4 Å². The molecule has 3 aromatic rings. The Morgan fingerprint density at radius 3 is 2.57 bits per heavy atom. The van der Waals surface area contributed by atoms with E-state index in [-0.39, 0.29) is 17.6 Å². The molecule has 2 aromatic heterocycles. The second-order valence-electron chi connectivity index (χ2n) is 9.27. The van der Waals surface area contributed by atoms with Crippen LogP contribution in [-0.2, 0) is 4.74 Å². The zero-order chi connectivity index (χ0) is 21.5. The highest BCUT2D eigenvalue weighted by atomic mass is 16.6. The fourth-order valence-electron chi connectivity index (χ4n) is 3.86. The van der Waals surface area contributed by atoms with Gasteiger partial charge in [0.25, 0.3) is 0 Å². The molecule has 1 aliphatic rings. The van der Waals surface area contributed by atoms with Gasteiger partial charge in [-0.1, -0.05) is 6.07 Å². The Hall–Kier alpha value is -2.29. The van der Waals surface area contributed by atoms with Gasteiger partial charge in [-0.3, -0.25) is 9.58 Å². The zero-order valence-corrected chi connectivity index (χ0v) is 18.4. The number of aromatic nitrogens is 4. The van der Waals surface area contributed by atoms with Gasteiger partial charge in [-0.05, 0) is 59.6 Å². The van der Waals surface area contributed by atoms with Crippen LogP contribution in [0.1, 0.15) is 65.3 Å². The van der Waals surface area contributed by atoms with Crippen LogP contribution in [0.4, 0.5) is 0 Å². The third kappa shape index (κ3) is 4.40. The molecule has 0 radical (unpaired) electrons. The van der Waals surface area contributed by atoms with Crippen LogP contribution in [0.3, 0.4) is 0 Å². The maximum Gasteiger partial charge on any atom is 0.247 e. The van der Waals surface area contributed by atoms with Crippen LogP contribution < -0.4 is 0 Å². The summed E-state index contributed by atoms with van der Waals surface area (Å²) in [5.41, 5.74) is 1.57. The van der Waals surface area contributed by atoms with Crippen molar-refractivity contribution in [1.29, 1.82) is 0 Å². The molecule has 1 aliphatic heterocycles. The average Bonchev–Trinajstić information content (AvgIpc) is 3.33. The van der Waals surface area contributed by atoms with Crippen molar-refractivity contribution in [3.63, 3.8) is 0 Å². The number of nitrogens with zero attached hydrogens (tertiary/aromatic N) is 5. The van der Waals surface area contributed by atoms with Crippen LogP contribution in [0.2, 0.25) is 0 Å². The van der Waals surface area contributed by atoms with Crippen LogP contribution in [0.25, 0.3) is 22.4 Å². The van der Waals surface area contributed by atoms with Crippen LogP contribution in [-0.4, -0.2) is 55.1 Å². The van der Waals surface area contributed by atoms with Crippen LogP contribution in [0.5, 0.6) is 0 Å². The van der Waals surface area contributed by atoms with Gasteiger partial charge in [-0.25, -0.2) is 0 Å². The first-order chi connectivity index (χ1) is 14.2. The van der Waals surface area contributed by atoms with E-state index in [9.17, 15) is 5.11 Å². The van der Waals surface area contributed by atoms with Gasteiger partial charge < -0.3 is 14.3 Å². The van der Waals surface area contributed by atoms with Gasteiger partial charge in [-0.2, -0.15) is 5.10 Å². The molecule has 1 N–H and O–H groups in total. The van der Waals surface area contributed by atoms with Crippen molar-refractivity contribution < 1.29 is 14.3 Å². The molecular weight excluding hydrogens is 382 g/mol. The Bertz CT molecular complexity index is 996. The fraction of sp³-hybridized carbons (Fsp3) is 0.591. The summed E-state index contributed by atoms with van der Waals surface area (Å²) in [5, 5.41) is 24.5. The second-order valence-corrected chi connectivity index (χ2v) is 9.27. The van der Waals surface area contributed by atoms with Gasteiger partial charge in [0.1, 0.15) is 0 Å². The first-order valence-electron chi connectivity index (χ1n) is 10.6. The number of fused-ring (bicyclic) bond motifs is 1. The van der Waals surface area contributed by atoms with Gasteiger partial charge in [0, 0.05) is 36.0 Å². The topological polar surface area (TPSA) is 89.4 Å². The molecule has 30 heavy (non-hydrogen) atoms. The van der Waals surface area contributed by atoms with Gasteiger partial charge in [0.2, 0.25) is 18.2 Å². The molecule has 3 heterocycles. The third-order valence-electron chi connectivity index (χ3n) is 5.43. The summed E-state index contributed by atoms with van der Waals surface area (Å²) >= 11 is 0. The Morgan fingerprint density at radius 2 is 1.90 bits per heavy atom. The lowest BCUT2D eigenvalue weighted by molar-refractivity contribution is -0.242. The number of hydrogen-bond donors (Lipinski definition) is 1. The quantitative estimate of drug-likeness (QED) is 0.634. The number of aliphatic hydroxyl groups is 1. The minimum absolute atomic E-state index is 0.189. The van der Waals surface area contributed by atoms with Crippen molar-refractivity contribution in [3.8, 4) is 11.5 Å². The molecule has 0 bridgehead atoms. The first-order valence-corrected chi connectivity index (χ1v) is 10.6. The summed E-state index contributed by atoms with van der Waals surface area (Å²) in [6.45, 7) is 11.5. The molecule has 1 atom stereocenters. The fourth-order valence-corrected chi connectivity index (χ4v) is 3.86. The highest BCUT2D eigenvalue weighted by Gasteiger charge is 2.30. The van der Waals surface area contributed by atoms with E-state index in [4.69, 9.17) is 9.15 Å². The minimum atomic E-state index is -0.887. The van der Waals surface area contributed by atoms with Crippen molar-refractivity contribution in [1.82, 2.24) is 24.9 Å². The van der Waals surface area contributed by atoms with E-state index >= 15 is 0 Å². The molecule has 1 unspecified atom stereocenters. The van der Waals surface area contributed by atoms with E-state index in [1.54, 1.807) is 0 Å². The van der Waals surface area contributed by atoms with E-state index in [0.29, 0.717) is 11.8 Å². The summed E-state index contributed by atoms with van der Waals surface area (Å²) in [5.74, 6) is 1.38. The lowest BCUT2D eigenvalue weighted by Crippen LogP contribution is -2.45. The molecule has 0 amide bonds. The predicted molar refractivity (Wildman–Crippen MR) is 114 cm³/mol. The van der Waals surface area contributed by atoms with E-state index in [1.165, 1.54) is 0 Å². The van der Waals surface area contributed by atoms with E-state index < -0.39 is 6.41 Å². The van der Waals surface area contributed by atoms with Gasteiger partial charge in [-0.15, -0.1) is 10.2 Å². The Labute approximate surface area is 176 Å². The number of aliphatic hydroxyl groups excluding tert-OH is 1. The number of ether oxygens (including phenoxy) is 1. The molecule has 8 heteroatoms. The average molecular weight is 414 g/mol. The Morgan fingerprint density at radius 1 is 1.17 bits per heavy atom. The monoisotopic (exact) mass is 413 g/mol. The largest absolute Gasteiger partial charge is 0.420 e. The lowest BCUT2D eigenvalue weighted by atomic mass is 9.97. The van der Waals surface area contributed by atoms with Crippen LogP contribution >= 0.6 is 0 Å². The predicted octanol–water partition coefficient (Wildman–Crippen LogP) is 3.94. The maximum absolute atomic E-state index is 10.3. The molecule has 0 spiro atoms. The summed E-state index contributed by atoms with van der Waals surface area (Å²) in [6.07, 6.45) is 2.67. The Kier molecular flexibility index (Phi) is 5.65. The summed E-state index contributed by atoms with van der Waals surface area (Å²) < 4.78 is 13.7. The van der Waals surface area contributed by atoms with Crippen molar-refractivity contribution in [3.05, 3.63) is 30.3 Å². The van der Waals surface area contributed by atoms with Crippen molar-refractivity contribution in [2.75, 3.05) is 13.1 Å². The van der Waals surface area contributed by atoms with Crippen molar-refractivity contribution in [2.24, 2.45) is 0 Å². The van der Waals surface area contributed by atoms with E-state index in [2.05, 4.69) is 35.2 Å². The molecular formula is C22H31N5O3. The second kappa shape index (κ2) is 8.09. The van der Waals surface area contributed by atoms with Gasteiger partial charge in [0.05, 0.1) is 17.3 Å². The summed E-state index contributed by atoms with van der Waals surface area (Å²) in [7, 11) is 0. The van der Waals surface area contributed by atoms with Gasteiger partial charge in [0.15, 0.2) is 0 Å². The third-order valence-corrected chi connectivity index (χ3v) is 5.43. The molecule has 0 saturated carbocycles. The van der Waals surface area contributed by atoms with Gasteiger partial charge >= 0.3 is 0 Å². The lowest BCUT2D eigenvalue weighted by Gasteiger charge is -2.36. The van der Waals surface area contributed by atoms with Crippen LogP contribution in [0, 0.1) is 0 Å². The highest BCUT2D eigenvalue weighted by Crippen LogP contribution is 2.31. The first kappa shape index (κ1) is 21.0. The van der Waals surface area contributed by atoms with Crippen LogP contribution in [0.15, 0.2) is 28.8 Å². The smallest absolute Gasteiger partial charge is 0.247 e. The Balaban J connectivity index is 1.45. The SMILES string of the molecule is CC(C)n1ncc2ccc(-c3nnc(C4CCN(C(O)OC(C)(C)C)CC4)o3)cc21. The number of rotatable bonds is 5. The maximum atomic E-state index is 10.3. The van der Waals surface area contributed by atoms with Crippen molar-refractivity contribution >= 4 is 10.9 Å². The molecule has 0 aliphatic carbocycles. The van der Waals surface area contributed by atoms with E-state index in [0.717, 1.165) is 42.4 Å².